The van der Waals surface area contributed by atoms with Crippen LogP contribution in [0.1, 0.15) is 37.7 Å². The number of esters is 2. The molecule has 2 rings (SSSR count). The van der Waals surface area contributed by atoms with Crippen LogP contribution < -0.4 is 0 Å². The third kappa shape index (κ3) is 3.53. The number of rotatable bonds is 4. The van der Waals surface area contributed by atoms with Gasteiger partial charge in [0.05, 0.1) is 17.7 Å². The lowest BCUT2D eigenvalue weighted by Crippen LogP contribution is -2.08. The molecule has 23 heavy (non-hydrogen) atoms. The molecular weight excluding hydrogens is 325 g/mol. The fourth-order valence-corrected chi connectivity index (χ4v) is 2.44. The molecule has 0 saturated carbocycles. The van der Waals surface area contributed by atoms with Gasteiger partial charge >= 0.3 is 11.9 Å². The zero-order valence-electron chi connectivity index (χ0n) is 12.8. The molecule has 0 atom stereocenters. The Bertz CT molecular complexity index is 770. The standard InChI is InChI=1S/C16H15ClFNO4/c1-8-13(15(20)22-3)9(2)19-14(8)16(21)23-7-10-4-5-11(18)6-12(10)17/h4-6,19H,7H2,1-3H3. The molecule has 0 aliphatic carbocycles. The Labute approximate surface area is 137 Å². The summed E-state index contributed by atoms with van der Waals surface area (Å²) < 4.78 is 22.8. The highest BCUT2D eigenvalue weighted by atomic mass is 35.5. The second-order valence-corrected chi connectivity index (χ2v) is 5.34. The molecule has 1 aromatic carbocycles. The summed E-state index contributed by atoms with van der Waals surface area (Å²) in [6, 6.07) is 3.82. The fourth-order valence-electron chi connectivity index (χ4n) is 2.22. The predicted molar refractivity (Wildman–Crippen MR) is 82.1 cm³/mol. The molecule has 1 aromatic heterocycles. The van der Waals surface area contributed by atoms with Gasteiger partial charge in [-0.1, -0.05) is 17.7 Å². The Morgan fingerprint density at radius 1 is 1.26 bits per heavy atom. The number of hydrogen-bond donors (Lipinski definition) is 1. The van der Waals surface area contributed by atoms with E-state index in [0.717, 1.165) is 6.07 Å². The lowest BCUT2D eigenvalue weighted by Gasteiger charge is -2.06. The molecule has 1 N–H and O–H groups in total. The molecule has 7 heteroatoms. The maximum Gasteiger partial charge on any atom is 0.355 e. The Morgan fingerprint density at radius 3 is 2.57 bits per heavy atom. The molecule has 5 nitrogen and oxygen atoms in total. The minimum absolute atomic E-state index is 0.108. The van der Waals surface area contributed by atoms with Crippen molar-refractivity contribution in [2.75, 3.05) is 7.11 Å². The van der Waals surface area contributed by atoms with Gasteiger partial charge in [-0.05, 0) is 31.5 Å². The maximum atomic E-state index is 13.0. The zero-order chi connectivity index (χ0) is 17.1. The molecule has 0 amide bonds. The van der Waals surface area contributed by atoms with Gasteiger partial charge in [0.15, 0.2) is 0 Å². The van der Waals surface area contributed by atoms with Gasteiger partial charge in [0.25, 0.3) is 0 Å². The lowest BCUT2D eigenvalue weighted by atomic mass is 10.1. The quantitative estimate of drug-likeness (QED) is 0.865. The van der Waals surface area contributed by atoms with E-state index in [9.17, 15) is 14.0 Å². The van der Waals surface area contributed by atoms with E-state index in [4.69, 9.17) is 16.3 Å². The SMILES string of the molecule is COC(=O)c1c(C)[nH]c(C(=O)OCc2ccc(F)cc2Cl)c1C. The van der Waals surface area contributed by atoms with Gasteiger partial charge in [-0.15, -0.1) is 0 Å². The lowest BCUT2D eigenvalue weighted by molar-refractivity contribution is 0.0465. The highest BCUT2D eigenvalue weighted by Crippen LogP contribution is 2.22. The van der Waals surface area contributed by atoms with Crippen LogP contribution in [0.4, 0.5) is 4.39 Å². The summed E-state index contributed by atoms with van der Waals surface area (Å²) in [5.74, 6) is -1.64. The van der Waals surface area contributed by atoms with Crippen LogP contribution in [0.15, 0.2) is 18.2 Å². The first kappa shape index (κ1) is 17.0. The van der Waals surface area contributed by atoms with Gasteiger partial charge in [0, 0.05) is 11.3 Å². The molecule has 122 valence electrons. The summed E-state index contributed by atoms with van der Waals surface area (Å²) in [5.41, 5.74) is 1.92. The van der Waals surface area contributed by atoms with Crippen LogP contribution in [0.2, 0.25) is 5.02 Å². The minimum atomic E-state index is -0.638. The van der Waals surface area contributed by atoms with E-state index in [1.54, 1.807) is 13.8 Å². The Balaban J connectivity index is 2.17. The summed E-state index contributed by atoms with van der Waals surface area (Å²) >= 11 is 5.88. The van der Waals surface area contributed by atoms with Gasteiger partial charge < -0.3 is 14.5 Å². The van der Waals surface area contributed by atoms with E-state index in [1.807, 2.05) is 0 Å². The number of ether oxygens (including phenoxy) is 2. The van der Waals surface area contributed by atoms with E-state index in [2.05, 4.69) is 9.72 Å². The number of H-pyrrole nitrogens is 1. The highest BCUT2D eigenvalue weighted by molar-refractivity contribution is 6.31. The zero-order valence-corrected chi connectivity index (χ0v) is 13.6. The van der Waals surface area contributed by atoms with Crippen LogP contribution >= 0.6 is 11.6 Å². The van der Waals surface area contributed by atoms with Gasteiger partial charge in [-0.2, -0.15) is 0 Å². The topological polar surface area (TPSA) is 68.4 Å². The van der Waals surface area contributed by atoms with Gasteiger partial charge in [-0.3, -0.25) is 0 Å². The van der Waals surface area contributed by atoms with E-state index in [-0.39, 0.29) is 17.3 Å². The second kappa shape index (κ2) is 6.83. The first-order valence-electron chi connectivity index (χ1n) is 6.73. The monoisotopic (exact) mass is 339 g/mol. The molecule has 0 radical (unpaired) electrons. The number of carbonyl (C=O) groups is 2. The van der Waals surface area contributed by atoms with Crippen LogP contribution in [0.3, 0.4) is 0 Å². The largest absolute Gasteiger partial charge is 0.465 e. The Morgan fingerprint density at radius 2 is 1.96 bits per heavy atom. The van der Waals surface area contributed by atoms with E-state index in [1.165, 1.54) is 19.2 Å². The van der Waals surface area contributed by atoms with Crippen molar-refractivity contribution in [3.63, 3.8) is 0 Å². The van der Waals surface area contributed by atoms with E-state index in [0.29, 0.717) is 22.4 Å². The van der Waals surface area contributed by atoms with Crippen molar-refractivity contribution in [3.8, 4) is 0 Å². The van der Waals surface area contributed by atoms with Crippen LogP contribution in [-0.4, -0.2) is 24.0 Å². The number of benzene rings is 1. The molecule has 0 aliphatic rings. The van der Waals surface area contributed by atoms with Crippen LogP contribution in [0, 0.1) is 19.7 Å². The molecule has 0 bridgehead atoms. The van der Waals surface area contributed by atoms with Gasteiger partial charge in [0.1, 0.15) is 18.1 Å². The van der Waals surface area contributed by atoms with Crippen LogP contribution in [-0.2, 0) is 16.1 Å². The van der Waals surface area contributed by atoms with Crippen molar-refractivity contribution >= 4 is 23.5 Å². The number of carbonyl (C=O) groups excluding carboxylic acids is 2. The van der Waals surface area contributed by atoms with Crippen molar-refractivity contribution in [2.24, 2.45) is 0 Å². The number of aryl methyl sites for hydroxylation is 1. The van der Waals surface area contributed by atoms with Gasteiger partial charge in [-0.25, -0.2) is 14.0 Å². The van der Waals surface area contributed by atoms with Crippen molar-refractivity contribution in [1.29, 1.82) is 0 Å². The smallest absolute Gasteiger partial charge is 0.355 e. The van der Waals surface area contributed by atoms with E-state index >= 15 is 0 Å². The minimum Gasteiger partial charge on any atom is -0.465 e. The second-order valence-electron chi connectivity index (χ2n) is 4.93. The van der Waals surface area contributed by atoms with Crippen LogP contribution in [0.5, 0.6) is 0 Å². The highest BCUT2D eigenvalue weighted by Gasteiger charge is 2.23. The number of halogens is 2. The van der Waals surface area contributed by atoms with Crippen molar-refractivity contribution in [3.05, 3.63) is 57.1 Å². The maximum absolute atomic E-state index is 13.0. The summed E-state index contributed by atoms with van der Waals surface area (Å²) in [6.07, 6.45) is 0. The summed E-state index contributed by atoms with van der Waals surface area (Å²) in [5, 5.41) is 0.174. The third-order valence-electron chi connectivity index (χ3n) is 3.41. The number of aromatic amines is 1. The number of hydrogen-bond acceptors (Lipinski definition) is 4. The summed E-state index contributed by atoms with van der Waals surface area (Å²) in [6.45, 7) is 3.17. The fraction of sp³-hybridized carbons (Fsp3) is 0.250. The Kier molecular flexibility index (Phi) is 5.05. The molecule has 1 heterocycles. The predicted octanol–water partition coefficient (Wildman–Crippen LogP) is 3.57. The number of aromatic nitrogens is 1. The molecule has 0 saturated heterocycles. The average molecular weight is 340 g/mol. The van der Waals surface area contributed by atoms with Crippen molar-refractivity contribution in [1.82, 2.24) is 4.98 Å². The normalized spacial score (nSPS) is 10.5. The Hall–Kier alpha value is -2.34. The summed E-state index contributed by atoms with van der Waals surface area (Å²) in [7, 11) is 1.27. The number of methoxy groups -OCH3 is 1. The molecule has 0 unspecified atom stereocenters. The number of nitrogens with one attached hydrogen (secondary N) is 1. The molecular formula is C16H15ClFNO4. The molecule has 0 fully saturated rings. The van der Waals surface area contributed by atoms with Crippen molar-refractivity contribution in [2.45, 2.75) is 20.5 Å². The van der Waals surface area contributed by atoms with Crippen LogP contribution in [0.25, 0.3) is 0 Å². The first-order chi connectivity index (χ1) is 10.8. The van der Waals surface area contributed by atoms with Crippen molar-refractivity contribution < 1.29 is 23.5 Å². The van der Waals surface area contributed by atoms with E-state index < -0.39 is 17.8 Å². The summed E-state index contributed by atoms with van der Waals surface area (Å²) in [4.78, 5) is 26.7. The average Bonchev–Trinajstić information content (AvgIpc) is 2.80. The first-order valence-corrected chi connectivity index (χ1v) is 7.11. The molecule has 0 aliphatic heterocycles. The molecule has 0 spiro atoms. The molecule has 2 aromatic rings. The van der Waals surface area contributed by atoms with Gasteiger partial charge in [0.2, 0.25) is 0 Å². The third-order valence-corrected chi connectivity index (χ3v) is 3.76.